The molecule has 3 aromatic rings. The van der Waals surface area contributed by atoms with E-state index in [9.17, 15) is 63.3 Å². The van der Waals surface area contributed by atoms with Crippen LogP contribution in [0.25, 0.3) is 0 Å². The maximum atomic E-state index is 14.3. The Balaban J connectivity index is 0.875. The molecule has 8 rings (SSSR count). The fraction of sp³-hybridized carbons (Fsp3) is 0.460. The molecular formula is C63H78N10O18. The minimum atomic E-state index is -1.60. The van der Waals surface area contributed by atoms with Crippen molar-refractivity contribution in [1.29, 1.82) is 0 Å². The Bertz CT molecular complexity index is 3340. The zero-order valence-electron chi connectivity index (χ0n) is 51.2. The first-order valence-electron chi connectivity index (χ1n) is 30.1. The summed E-state index contributed by atoms with van der Waals surface area (Å²) in [5, 5.41) is 44.1. The van der Waals surface area contributed by atoms with Gasteiger partial charge in [0.15, 0.2) is 35.5 Å². The van der Waals surface area contributed by atoms with Crippen LogP contribution in [-0.2, 0) is 35.3 Å². The molecule has 2 saturated heterocycles. The number of aliphatic hydroxyl groups excluding tert-OH is 2. The van der Waals surface area contributed by atoms with Gasteiger partial charge in [-0.1, -0.05) is 56.7 Å². The van der Waals surface area contributed by atoms with Gasteiger partial charge in [-0.2, -0.15) is 0 Å². The monoisotopic (exact) mass is 1260 g/mol. The second-order valence-electron chi connectivity index (χ2n) is 23.1. The molecule has 2 fully saturated rings. The summed E-state index contributed by atoms with van der Waals surface area (Å²) in [4.78, 5) is 136. The van der Waals surface area contributed by atoms with Crippen molar-refractivity contribution in [3.63, 3.8) is 0 Å². The van der Waals surface area contributed by atoms with Gasteiger partial charge in [-0.3, -0.25) is 38.5 Å². The number of primary amides is 1. The number of imide groups is 1. The van der Waals surface area contributed by atoms with Crippen LogP contribution in [0.4, 0.5) is 31.4 Å². The summed E-state index contributed by atoms with van der Waals surface area (Å²) >= 11 is 0. The number of rotatable bonds is 28. The summed E-state index contributed by atoms with van der Waals surface area (Å²) in [6, 6.07) is 7.25. The maximum Gasteiger partial charge on any atom is 0.416 e. The van der Waals surface area contributed by atoms with Crippen LogP contribution in [0.1, 0.15) is 111 Å². The van der Waals surface area contributed by atoms with E-state index in [0.717, 1.165) is 14.7 Å². The summed E-state index contributed by atoms with van der Waals surface area (Å²) in [7, 11) is 2.78. The number of nitrogens with two attached hydrogens (primary N) is 1. The number of carboxylic acid groups (broad SMARTS) is 1. The molecule has 0 spiro atoms. The first kappa shape index (κ1) is 67.2. The Labute approximate surface area is 525 Å². The van der Waals surface area contributed by atoms with Gasteiger partial charge in [0.25, 0.3) is 23.6 Å². The lowest BCUT2D eigenvalue weighted by Gasteiger charge is -2.31. The first-order valence-corrected chi connectivity index (χ1v) is 30.1. The van der Waals surface area contributed by atoms with Gasteiger partial charge in [-0.25, -0.2) is 24.2 Å². The molecule has 11 amide bonds. The molecular weight excluding hydrogens is 1180 g/mol. The molecule has 0 bridgehead atoms. The van der Waals surface area contributed by atoms with Gasteiger partial charge in [0.05, 0.1) is 62.0 Å². The van der Waals surface area contributed by atoms with Gasteiger partial charge in [0, 0.05) is 62.6 Å². The van der Waals surface area contributed by atoms with E-state index in [0.29, 0.717) is 60.9 Å². The van der Waals surface area contributed by atoms with E-state index in [1.165, 1.54) is 60.4 Å². The Kier molecular flexibility index (Phi) is 22.3. The summed E-state index contributed by atoms with van der Waals surface area (Å²) in [6.07, 6.45) is 0.585. The van der Waals surface area contributed by atoms with E-state index in [1.807, 2.05) is 0 Å². The second kappa shape index (κ2) is 30.2. The molecule has 488 valence electrons. The van der Waals surface area contributed by atoms with Gasteiger partial charge >= 0.3 is 18.2 Å². The van der Waals surface area contributed by atoms with Crippen LogP contribution in [0.3, 0.4) is 0 Å². The van der Waals surface area contributed by atoms with Crippen molar-refractivity contribution in [1.82, 2.24) is 30.7 Å². The largest absolute Gasteiger partial charge is 0.493 e. The van der Waals surface area contributed by atoms with Crippen LogP contribution in [0.5, 0.6) is 23.0 Å². The molecule has 91 heavy (non-hydrogen) atoms. The Morgan fingerprint density at radius 2 is 1.22 bits per heavy atom. The highest BCUT2D eigenvalue weighted by Crippen LogP contribution is 2.44. The number of fused-ring (bicyclic) bond motifs is 4. The molecule has 6 atom stereocenters. The molecule has 0 aromatic heterocycles. The average Bonchev–Trinajstić information content (AvgIpc) is 1.66. The van der Waals surface area contributed by atoms with Crippen LogP contribution >= 0.6 is 0 Å². The Hall–Kier alpha value is -9.70. The fourth-order valence-corrected chi connectivity index (χ4v) is 11.5. The molecule has 5 aliphatic heterocycles. The lowest BCUT2D eigenvalue weighted by molar-refractivity contribution is -0.137. The molecule has 3 aromatic carbocycles. The number of ether oxygens (including phenoxy) is 5. The summed E-state index contributed by atoms with van der Waals surface area (Å²) in [6.45, 7) is 12.0. The number of urea groups is 1. The predicted octanol–water partition coefficient (Wildman–Crippen LogP) is 4.66. The van der Waals surface area contributed by atoms with E-state index in [-0.39, 0.29) is 141 Å². The number of aliphatic hydroxyl groups is 2. The van der Waals surface area contributed by atoms with Gasteiger partial charge < -0.3 is 75.8 Å². The third kappa shape index (κ3) is 16.0. The van der Waals surface area contributed by atoms with Crippen LogP contribution in [0.15, 0.2) is 85.0 Å². The number of hydrogen-bond acceptors (Lipinski definition) is 17. The van der Waals surface area contributed by atoms with E-state index in [1.54, 1.807) is 38.1 Å². The van der Waals surface area contributed by atoms with Crippen molar-refractivity contribution >= 4 is 76.6 Å². The smallest absolute Gasteiger partial charge is 0.416 e. The minimum Gasteiger partial charge on any atom is -0.493 e. The van der Waals surface area contributed by atoms with Crippen LogP contribution in [-0.4, -0.2) is 180 Å². The van der Waals surface area contributed by atoms with Crippen molar-refractivity contribution in [2.45, 2.75) is 128 Å². The number of anilines is 3. The number of benzene rings is 3. The lowest BCUT2D eigenvalue weighted by Crippen LogP contribution is -2.54. The number of nitrogens with one attached hydrogen (secondary N) is 4. The zero-order chi connectivity index (χ0) is 65.8. The Morgan fingerprint density at radius 1 is 0.681 bits per heavy atom. The highest BCUT2D eigenvalue weighted by atomic mass is 16.6. The van der Waals surface area contributed by atoms with E-state index < -0.39 is 84.4 Å². The quantitative estimate of drug-likeness (QED) is 0.0278. The van der Waals surface area contributed by atoms with Crippen LogP contribution < -0.4 is 55.7 Å². The first-order chi connectivity index (χ1) is 43.5. The molecule has 0 saturated carbocycles. The number of carbonyl (C=O) groups excluding carboxylic acids is 9. The van der Waals surface area contributed by atoms with E-state index >= 15 is 0 Å². The standard InChI is InChI=1S/C63H78N10O18/c1-35(2)54(68-51(74)15-9-7-10-23-69-52(75)20-21-53(69)76)56(78)67-42(14-13-22-65-61(64)83)55(77)66-39-18-16-38(17-19-39)34-91-63(86)73-44-31-50(48(88-6)29-41(44)58(80)71-33-37(4)27-46(71)60(73)82)90-25-12-8-11-24-89-49-30-43-40(28-47(49)87-5)57(79)70-32-36(3)26-45(70)59(81)72(43)62(84)85/h16-21,28-31,35,42,45-46,54,59-60,81-82H,3-4,7-15,22-27,32-34H2,1-2,5-6H3,(H,66,77)(H,67,78)(H,68,74)(H,84,85)(H3,64,65,83)/t42-,45-,46-,54-,59?,60?/m0/s1. The third-order valence-corrected chi connectivity index (χ3v) is 16.2. The topological polar surface area (TPSA) is 368 Å². The zero-order valence-corrected chi connectivity index (χ0v) is 51.2. The van der Waals surface area contributed by atoms with Crippen molar-refractivity contribution in [3.05, 3.63) is 102 Å². The van der Waals surface area contributed by atoms with Crippen molar-refractivity contribution in [3.8, 4) is 23.0 Å². The van der Waals surface area contributed by atoms with Gasteiger partial charge in [0.2, 0.25) is 17.7 Å². The normalized spacial score (nSPS) is 19.0. The molecule has 0 radical (unpaired) electrons. The van der Waals surface area contributed by atoms with Crippen molar-refractivity contribution in [2.75, 3.05) is 68.7 Å². The molecule has 5 heterocycles. The maximum absolute atomic E-state index is 14.3. The van der Waals surface area contributed by atoms with Crippen LogP contribution in [0.2, 0.25) is 0 Å². The summed E-state index contributed by atoms with van der Waals surface area (Å²) in [5.41, 5.74) is 7.34. The molecule has 28 nitrogen and oxygen atoms in total. The van der Waals surface area contributed by atoms with Gasteiger partial charge in [-0.15, -0.1) is 0 Å². The summed E-state index contributed by atoms with van der Waals surface area (Å²) < 4.78 is 29.3. The van der Waals surface area contributed by atoms with Gasteiger partial charge in [0.1, 0.15) is 18.7 Å². The summed E-state index contributed by atoms with van der Waals surface area (Å²) in [5.74, 6) is -3.09. The number of unbranched alkanes of at least 4 members (excludes halogenated alkanes) is 4. The van der Waals surface area contributed by atoms with Crippen molar-refractivity contribution < 1.29 is 86.9 Å². The number of hydrogen-bond donors (Lipinski definition) is 8. The molecule has 2 unspecified atom stereocenters. The second-order valence-corrected chi connectivity index (χ2v) is 23.1. The average molecular weight is 1260 g/mol. The third-order valence-electron chi connectivity index (χ3n) is 16.2. The molecule has 0 aliphatic carbocycles. The SMILES string of the molecule is C=C1C[C@H]2C(O)N(C(=O)O)c3cc(OCCCCCOc4cc5c(cc4OC)C(=O)N4CC(=C)C[C@H]4C(O)N5C(=O)OCc4ccc(NC(=O)[C@H](CCCNC(N)=O)NC(=O)[C@@H](NC(=O)CCCCCN5C(=O)C=CC5=O)C(C)C)cc4)c(OC)cc3C(=O)N2C1. The van der Waals surface area contributed by atoms with Crippen LogP contribution in [0, 0.1) is 5.92 Å². The lowest BCUT2D eigenvalue weighted by atomic mass is 10.0. The minimum absolute atomic E-state index is 0.00650. The molecule has 28 heteroatoms. The molecule has 9 N–H and O–H groups in total. The fourth-order valence-electron chi connectivity index (χ4n) is 11.5. The van der Waals surface area contributed by atoms with E-state index in [4.69, 9.17) is 29.4 Å². The Morgan fingerprint density at radius 3 is 1.75 bits per heavy atom. The number of nitrogens with zero attached hydrogens (tertiary/aromatic N) is 5. The molecule has 5 aliphatic rings. The number of methoxy groups -OCH3 is 2. The van der Waals surface area contributed by atoms with E-state index in [2.05, 4.69) is 34.4 Å². The highest BCUT2D eigenvalue weighted by Gasteiger charge is 2.48. The van der Waals surface area contributed by atoms with Crippen molar-refractivity contribution in [2.24, 2.45) is 11.7 Å². The van der Waals surface area contributed by atoms with Gasteiger partial charge in [-0.05, 0) is 93.5 Å². The number of amides is 11. The number of carbonyl (C=O) groups is 10. The highest BCUT2D eigenvalue weighted by molar-refractivity contribution is 6.13. The predicted molar refractivity (Wildman–Crippen MR) is 328 cm³/mol.